The Morgan fingerprint density at radius 3 is 2.86 bits per heavy atom. The summed E-state index contributed by atoms with van der Waals surface area (Å²) in [6.45, 7) is 1.89. The number of carbonyl (C=O) groups excluding carboxylic acids is 2. The zero-order valence-electron chi connectivity index (χ0n) is 16.4. The summed E-state index contributed by atoms with van der Waals surface area (Å²) in [5, 5.41) is 15.7. The van der Waals surface area contributed by atoms with E-state index in [0.717, 1.165) is 25.2 Å². The Bertz CT molecular complexity index is 696. The fraction of sp³-hybridized carbons (Fsp3) is 0.700. The predicted octanol–water partition coefficient (Wildman–Crippen LogP) is 2.96. The van der Waals surface area contributed by atoms with Crippen LogP contribution in [-0.2, 0) is 9.59 Å². The van der Waals surface area contributed by atoms with Crippen molar-refractivity contribution in [3.8, 4) is 0 Å². The van der Waals surface area contributed by atoms with E-state index in [4.69, 9.17) is 9.73 Å². The molecule has 0 spiro atoms. The topological polar surface area (TPSA) is 117 Å². The minimum absolute atomic E-state index is 0.0177. The lowest BCUT2D eigenvalue weighted by Crippen LogP contribution is -2.38. The van der Waals surface area contributed by atoms with Crippen LogP contribution < -0.4 is 10.8 Å². The van der Waals surface area contributed by atoms with E-state index in [-0.39, 0.29) is 24.3 Å². The van der Waals surface area contributed by atoms with Crippen LogP contribution in [0.2, 0.25) is 0 Å². The molecule has 8 nitrogen and oxygen atoms in total. The van der Waals surface area contributed by atoms with Gasteiger partial charge in [-0.3, -0.25) is 14.8 Å². The number of carbonyl (C=O) groups is 2. The van der Waals surface area contributed by atoms with Crippen molar-refractivity contribution in [2.24, 2.45) is 5.92 Å². The van der Waals surface area contributed by atoms with Gasteiger partial charge in [0.05, 0.1) is 0 Å². The third-order valence-electron chi connectivity index (χ3n) is 5.78. The Kier molecular flexibility index (Phi) is 7.19. The van der Waals surface area contributed by atoms with Crippen molar-refractivity contribution in [1.29, 1.82) is 0 Å². The fourth-order valence-electron chi connectivity index (χ4n) is 4.18. The summed E-state index contributed by atoms with van der Waals surface area (Å²) in [7, 11) is 0. The highest BCUT2D eigenvalue weighted by atomic mass is 16.5. The maximum absolute atomic E-state index is 12.2. The van der Waals surface area contributed by atoms with Gasteiger partial charge in [0.15, 0.2) is 5.82 Å². The molecule has 1 aliphatic carbocycles. The molecule has 2 aliphatic rings. The van der Waals surface area contributed by atoms with Gasteiger partial charge in [0.1, 0.15) is 5.92 Å². The number of hydrogen-bond acceptors (Lipinski definition) is 6. The molecule has 3 N–H and O–H groups in total. The number of aromatic nitrogens is 2. The summed E-state index contributed by atoms with van der Waals surface area (Å²) in [4.78, 5) is 28.3. The fourth-order valence-corrected chi connectivity index (χ4v) is 4.18. The molecule has 1 saturated carbocycles. The van der Waals surface area contributed by atoms with E-state index >= 15 is 0 Å². The molecule has 2 unspecified atom stereocenters. The van der Waals surface area contributed by atoms with Crippen LogP contribution >= 0.6 is 0 Å². The molecule has 1 aromatic heterocycles. The summed E-state index contributed by atoms with van der Waals surface area (Å²) >= 11 is 0. The van der Waals surface area contributed by atoms with E-state index in [2.05, 4.69) is 15.5 Å². The third-order valence-corrected chi connectivity index (χ3v) is 5.78. The lowest BCUT2D eigenvalue weighted by atomic mass is 9.84. The Balaban J connectivity index is 1.64. The standard InChI is InChI=1S/C20H30N4O4/c1-13-10-11-16(19(26)21-13)18-22-20(28-24-18)15(12-17(25)23-27)9-5-8-14-6-3-2-4-7-14/h10-11,13-16,27H,2-9,12H2,1H3,(H,21,26)(H,23,25)/t13?,15-,16?/m1/s1. The molecule has 1 aromatic rings. The van der Waals surface area contributed by atoms with Crippen LogP contribution in [0.15, 0.2) is 16.7 Å². The van der Waals surface area contributed by atoms with E-state index in [1.165, 1.54) is 32.1 Å². The molecule has 0 aromatic carbocycles. The second kappa shape index (κ2) is 9.82. The SMILES string of the molecule is CC1C=CC(c2noc([C@H](CCCC3CCCCC3)CC(=O)NO)n2)C(=O)N1. The van der Waals surface area contributed by atoms with Crippen LogP contribution in [0.4, 0.5) is 0 Å². The van der Waals surface area contributed by atoms with Gasteiger partial charge in [-0.1, -0.05) is 62.3 Å². The van der Waals surface area contributed by atoms with Crippen molar-refractivity contribution >= 4 is 11.8 Å². The largest absolute Gasteiger partial charge is 0.349 e. The van der Waals surface area contributed by atoms with Crippen molar-refractivity contribution in [3.05, 3.63) is 23.9 Å². The summed E-state index contributed by atoms with van der Waals surface area (Å²) in [5.74, 6) is -0.0811. The average molecular weight is 390 g/mol. The van der Waals surface area contributed by atoms with E-state index < -0.39 is 11.8 Å². The molecular weight excluding hydrogens is 360 g/mol. The molecule has 3 atom stereocenters. The first kappa shape index (κ1) is 20.5. The molecule has 3 rings (SSSR count). The summed E-state index contributed by atoms with van der Waals surface area (Å²) in [6, 6.07) is -0.0177. The van der Waals surface area contributed by atoms with Crippen molar-refractivity contribution in [3.63, 3.8) is 0 Å². The van der Waals surface area contributed by atoms with Crippen LogP contribution in [0, 0.1) is 5.92 Å². The smallest absolute Gasteiger partial charge is 0.244 e. The first-order valence-corrected chi connectivity index (χ1v) is 10.3. The maximum Gasteiger partial charge on any atom is 0.244 e. The summed E-state index contributed by atoms with van der Waals surface area (Å²) in [5.41, 5.74) is 1.68. The molecule has 0 radical (unpaired) electrons. The Morgan fingerprint density at radius 1 is 1.36 bits per heavy atom. The van der Waals surface area contributed by atoms with Crippen LogP contribution in [-0.4, -0.2) is 33.2 Å². The zero-order chi connectivity index (χ0) is 19.9. The molecule has 0 bridgehead atoms. The van der Waals surface area contributed by atoms with Crippen molar-refractivity contribution < 1.29 is 19.3 Å². The van der Waals surface area contributed by atoms with Crippen LogP contribution in [0.5, 0.6) is 0 Å². The van der Waals surface area contributed by atoms with Crippen molar-refractivity contribution in [1.82, 2.24) is 20.9 Å². The normalized spacial score (nSPS) is 24.0. The molecular formula is C20H30N4O4. The van der Waals surface area contributed by atoms with E-state index in [9.17, 15) is 9.59 Å². The predicted molar refractivity (Wildman–Crippen MR) is 101 cm³/mol. The van der Waals surface area contributed by atoms with Crippen LogP contribution in [0.3, 0.4) is 0 Å². The second-order valence-corrected chi connectivity index (χ2v) is 8.02. The highest BCUT2D eigenvalue weighted by Gasteiger charge is 2.29. The minimum atomic E-state index is -0.580. The van der Waals surface area contributed by atoms with Crippen LogP contribution in [0.25, 0.3) is 0 Å². The van der Waals surface area contributed by atoms with Gasteiger partial charge in [-0.15, -0.1) is 0 Å². The van der Waals surface area contributed by atoms with E-state index in [1.54, 1.807) is 11.6 Å². The molecule has 8 heteroatoms. The number of hydrogen-bond donors (Lipinski definition) is 3. The van der Waals surface area contributed by atoms with Gasteiger partial charge < -0.3 is 9.84 Å². The number of amides is 2. The molecule has 1 fully saturated rings. The first-order valence-electron chi connectivity index (χ1n) is 10.3. The average Bonchev–Trinajstić information content (AvgIpc) is 3.17. The highest BCUT2D eigenvalue weighted by molar-refractivity contribution is 5.86. The highest BCUT2D eigenvalue weighted by Crippen LogP contribution is 2.31. The number of rotatable bonds is 8. The minimum Gasteiger partial charge on any atom is -0.349 e. The second-order valence-electron chi connectivity index (χ2n) is 8.02. The summed E-state index contributed by atoms with van der Waals surface area (Å²) in [6.07, 6.45) is 13.1. The Labute approximate surface area is 165 Å². The van der Waals surface area contributed by atoms with Gasteiger partial charge in [0.2, 0.25) is 17.7 Å². The quantitative estimate of drug-likeness (QED) is 0.357. The number of nitrogens with one attached hydrogen (secondary N) is 2. The molecule has 154 valence electrons. The monoisotopic (exact) mass is 390 g/mol. The van der Waals surface area contributed by atoms with Gasteiger partial charge in [0, 0.05) is 18.4 Å². The van der Waals surface area contributed by atoms with Crippen LogP contribution in [0.1, 0.15) is 88.3 Å². The molecule has 28 heavy (non-hydrogen) atoms. The molecule has 2 heterocycles. The summed E-state index contributed by atoms with van der Waals surface area (Å²) < 4.78 is 5.41. The zero-order valence-corrected chi connectivity index (χ0v) is 16.4. The van der Waals surface area contributed by atoms with E-state index in [1.807, 2.05) is 13.0 Å². The van der Waals surface area contributed by atoms with Crippen molar-refractivity contribution in [2.45, 2.75) is 82.6 Å². The molecule has 0 saturated heterocycles. The number of nitrogens with zero attached hydrogens (tertiary/aromatic N) is 2. The van der Waals surface area contributed by atoms with Gasteiger partial charge in [0.25, 0.3) is 0 Å². The Hall–Kier alpha value is -2.22. The first-order chi connectivity index (χ1) is 13.6. The maximum atomic E-state index is 12.2. The lowest BCUT2D eigenvalue weighted by Gasteiger charge is -2.22. The van der Waals surface area contributed by atoms with Crippen molar-refractivity contribution in [2.75, 3.05) is 0 Å². The van der Waals surface area contributed by atoms with Gasteiger partial charge in [-0.25, -0.2) is 5.48 Å². The number of hydroxylamine groups is 1. The third kappa shape index (κ3) is 5.41. The van der Waals surface area contributed by atoms with E-state index in [0.29, 0.717) is 11.7 Å². The Morgan fingerprint density at radius 2 is 2.14 bits per heavy atom. The molecule has 1 aliphatic heterocycles. The van der Waals surface area contributed by atoms with Gasteiger partial charge in [-0.05, 0) is 19.3 Å². The molecule has 2 amide bonds. The lowest BCUT2D eigenvalue weighted by molar-refractivity contribution is -0.129. The van der Waals surface area contributed by atoms with Gasteiger partial charge in [-0.2, -0.15) is 4.98 Å². The van der Waals surface area contributed by atoms with Gasteiger partial charge >= 0.3 is 0 Å².